The summed E-state index contributed by atoms with van der Waals surface area (Å²) in [7, 11) is 1.19. The third kappa shape index (κ3) is 4.01. The Bertz CT molecular complexity index is 686. The fourth-order valence-electron chi connectivity index (χ4n) is 1.95. The Balaban J connectivity index is 2.20. The van der Waals surface area contributed by atoms with Crippen LogP contribution in [0.25, 0.3) is 6.08 Å². The van der Waals surface area contributed by atoms with Crippen molar-refractivity contribution < 1.29 is 23.9 Å². The predicted molar refractivity (Wildman–Crippen MR) is 90.6 cm³/mol. The second kappa shape index (κ2) is 7.44. The normalized spacial score (nSPS) is 15.8. The van der Waals surface area contributed by atoms with Gasteiger partial charge in [-0.2, -0.15) is 0 Å². The van der Waals surface area contributed by atoms with Crippen molar-refractivity contribution in [1.29, 1.82) is 0 Å². The van der Waals surface area contributed by atoms with Gasteiger partial charge in [0, 0.05) is 0 Å². The van der Waals surface area contributed by atoms with E-state index < -0.39 is 24.5 Å². The second-order valence-electron chi connectivity index (χ2n) is 4.58. The van der Waals surface area contributed by atoms with Crippen molar-refractivity contribution in [3.63, 3.8) is 0 Å². The van der Waals surface area contributed by atoms with E-state index >= 15 is 0 Å². The molecule has 1 aliphatic heterocycles. The highest BCUT2D eigenvalue weighted by Crippen LogP contribution is 2.24. The number of nitrogens with one attached hydrogen (secondary N) is 1. The zero-order valence-corrected chi connectivity index (χ0v) is 14.7. The predicted octanol–water partition coefficient (Wildman–Crippen LogP) is 1.76. The molecule has 8 heteroatoms. The number of carbonyl (C=O) groups excluding carboxylic acids is 3. The molecule has 1 aliphatic rings. The highest BCUT2D eigenvalue weighted by molar-refractivity contribution is 14.1. The summed E-state index contributed by atoms with van der Waals surface area (Å²) in [5.41, 5.74) is 0.847. The molecule has 23 heavy (non-hydrogen) atoms. The summed E-state index contributed by atoms with van der Waals surface area (Å²) in [4.78, 5) is 36.0. The SMILES string of the molecule is CCOc1ccc(C=C2NC(=O)N(CC(=O)OC)C2=O)cc1I. The summed E-state index contributed by atoms with van der Waals surface area (Å²) in [6.07, 6.45) is 1.55. The van der Waals surface area contributed by atoms with Gasteiger partial charge in [-0.15, -0.1) is 0 Å². The van der Waals surface area contributed by atoms with Crippen LogP contribution in [0.2, 0.25) is 0 Å². The lowest BCUT2D eigenvalue weighted by Crippen LogP contribution is -2.36. The van der Waals surface area contributed by atoms with Gasteiger partial charge in [-0.3, -0.25) is 9.59 Å². The molecule has 0 unspecified atom stereocenters. The van der Waals surface area contributed by atoms with Crippen LogP contribution in [0.3, 0.4) is 0 Å². The lowest BCUT2D eigenvalue weighted by Gasteiger charge is -2.09. The fourth-order valence-corrected chi connectivity index (χ4v) is 2.65. The molecule has 1 aromatic rings. The molecular weight excluding hydrogens is 415 g/mol. The van der Waals surface area contributed by atoms with Crippen LogP contribution in [0.1, 0.15) is 12.5 Å². The minimum atomic E-state index is -0.662. The summed E-state index contributed by atoms with van der Waals surface area (Å²) in [6.45, 7) is 2.04. The van der Waals surface area contributed by atoms with Crippen molar-refractivity contribution in [1.82, 2.24) is 10.2 Å². The Morgan fingerprint density at radius 2 is 2.13 bits per heavy atom. The molecule has 2 rings (SSSR count). The van der Waals surface area contributed by atoms with E-state index in [9.17, 15) is 14.4 Å². The number of rotatable bonds is 5. The maximum Gasteiger partial charge on any atom is 0.329 e. The van der Waals surface area contributed by atoms with Gasteiger partial charge >= 0.3 is 12.0 Å². The van der Waals surface area contributed by atoms with Gasteiger partial charge in [0.15, 0.2) is 0 Å². The highest BCUT2D eigenvalue weighted by atomic mass is 127. The standard InChI is InChI=1S/C15H15IN2O5/c1-3-23-12-5-4-9(6-10(12)16)7-11-14(20)18(15(21)17-11)8-13(19)22-2/h4-7H,3,8H2,1-2H3,(H,17,21). The first kappa shape index (κ1) is 17.3. The number of hydrogen-bond acceptors (Lipinski definition) is 5. The van der Waals surface area contributed by atoms with Crippen molar-refractivity contribution in [3.05, 3.63) is 33.0 Å². The minimum absolute atomic E-state index is 0.110. The summed E-state index contributed by atoms with van der Waals surface area (Å²) in [5.74, 6) is -0.473. The van der Waals surface area contributed by atoms with Crippen LogP contribution >= 0.6 is 22.6 Å². The third-order valence-electron chi connectivity index (χ3n) is 3.04. The average Bonchev–Trinajstić information content (AvgIpc) is 2.77. The van der Waals surface area contributed by atoms with Gasteiger partial charge in [0.25, 0.3) is 5.91 Å². The van der Waals surface area contributed by atoms with Crippen molar-refractivity contribution in [2.75, 3.05) is 20.3 Å². The molecule has 0 atom stereocenters. The first-order valence-corrected chi connectivity index (χ1v) is 7.87. The number of benzene rings is 1. The number of urea groups is 1. The van der Waals surface area contributed by atoms with Crippen molar-refractivity contribution in [2.24, 2.45) is 0 Å². The van der Waals surface area contributed by atoms with Crippen LogP contribution in [0.5, 0.6) is 5.75 Å². The zero-order chi connectivity index (χ0) is 17.0. The molecule has 0 aliphatic carbocycles. The Kier molecular flexibility index (Phi) is 5.59. The highest BCUT2D eigenvalue weighted by Gasteiger charge is 2.35. The molecule has 1 aromatic carbocycles. The van der Waals surface area contributed by atoms with E-state index in [1.807, 2.05) is 13.0 Å². The van der Waals surface area contributed by atoms with E-state index in [4.69, 9.17) is 4.74 Å². The molecule has 0 radical (unpaired) electrons. The number of nitrogens with zero attached hydrogens (tertiary/aromatic N) is 1. The molecule has 3 amide bonds. The Hall–Kier alpha value is -2.10. The van der Waals surface area contributed by atoms with Gasteiger partial charge in [-0.1, -0.05) is 6.07 Å². The number of carbonyl (C=O) groups is 3. The molecule has 7 nitrogen and oxygen atoms in total. The van der Waals surface area contributed by atoms with Gasteiger partial charge in [0.1, 0.15) is 18.0 Å². The van der Waals surface area contributed by atoms with E-state index in [2.05, 4.69) is 32.6 Å². The van der Waals surface area contributed by atoms with Crippen molar-refractivity contribution in [2.45, 2.75) is 6.92 Å². The summed E-state index contributed by atoms with van der Waals surface area (Å²) >= 11 is 2.13. The minimum Gasteiger partial charge on any atom is -0.493 e. The van der Waals surface area contributed by atoms with Gasteiger partial charge < -0.3 is 14.8 Å². The van der Waals surface area contributed by atoms with Gasteiger partial charge in [0.05, 0.1) is 17.3 Å². The van der Waals surface area contributed by atoms with Gasteiger partial charge in [-0.25, -0.2) is 9.69 Å². The van der Waals surface area contributed by atoms with E-state index in [-0.39, 0.29) is 5.70 Å². The summed E-state index contributed by atoms with van der Waals surface area (Å²) in [6, 6.07) is 4.77. The van der Waals surface area contributed by atoms with E-state index in [1.54, 1.807) is 18.2 Å². The quantitative estimate of drug-likeness (QED) is 0.333. The lowest BCUT2D eigenvalue weighted by molar-refractivity contribution is -0.143. The molecule has 1 N–H and O–H groups in total. The average molecular weight is 430 g/mol. The number of ether oxygens (including phenoxy) is 2. The fraction of sp³-hybridized carbons (Fsp3) is 0.267. The van der Waals surface area contributed by atoms with Crippen LogP contribution < -0.4 is 10.1 Å². The molecule has 122 valence electrons. The maximum atomic E-state index is 12.2. The van der Waals surface area contributed by atoms with E-state index in [0.717, 1.165) is 19.8 Å². The van der Waals surface area contributed by atoms with Gasteiger partial charge in [0.2, 0.25) is 0 Å². The number of halogens is 1. The molecule has 0 bridgehead atoms. The molecule has 0 spiro atoms. The number of methoxy groups -OCH3 is 1. The first-order valence-electron chi connectivity index (χ1n) is 6.80. The smallest absolute Gasteiger partial charge is 0.329 e. The van der Waals surface area contributed by atoms with Crippen molar-refractivity contribution >= 4 is 46.6 Å². The molecule has 0 saturated carbocycles. The second-order valence-corrected chi connectivity index (χ2v) is 5.74. The first-order chi connectivity index (χ1) is 11.0. The van der Waals surface area contributed by atoms with Crippen LogP contribution in [0.4, 0.5) is 4.79 Å². The van der Waals surface area contributed by atoms with Crippen LogP contribution in [0, 0.1) is 3.57 Å². The van der Waals surface area contributed by atoms with Crippen LogP contribution in [-0.2, 0) is 14.3 Å². The van der Waals surface area contributed by atoms with E-state index in [1.165, 1.54) is 7.11 Å². The monoisotopic (exact) mass is 430 g/mol. The topological polar surface area (TPSA) is 84.9 Å². The Morgan fingerprint density at radius 1 is 1.39 bits per heavy atom. The Labute approximate surface area is 146 Å². The number of imide groups is 1. The van der Waals surface area contributed by atoms with Crippen LogP contribution in [-0.4, -0.2) is 43.1 Å². The van der Waals surface area contributed by atoms with Crippen LogP contribution in [0.15, 0.2) is 23.9 Å². The zero-order valence-electron chi connectivity index (χ0n) is 12.6. The molecule has 1 fully saturated rings. The summed E-state index contributed by atoms with van der Waals surface area (Å²) < 4.78 is 10.8. The number of amides is 3. The number of esters is 1. The van der Waals surface area contributed by atoms with E-state index in [0.29, 0.717) is 6.61 Å². The van der Waals surface area contributed by atoms with Gasteiger partial charge in [-0.05, 0) is 53.3 Å². The molecule has 0 aromatic heterocycles. The molecular formula is C15H15IN2O5. The van der Waals surface area contributed by atoms with Crippen molar-refractivity contribution in [3.8, 4) is 5.75 Å². The largest absolute Gasteiger partial charge is 0.493 e. The Morgan fingerprint density at radius 3 is 2.74 bits per heavy atom. The lowest BCUT2D eigenvalue weighted by atomic mass is 10.2. The molecule has 1 saturated heterocycles. The number of hydrogen-bond donors (Lipinski definition) is 1. The maximum absolute atomic E-state index is 12.2. The third-order valence-corrected chi connectivity index (χ3v) is 3.89. The summed E-state index contributed by atoms with van der Waals surface area (Å²) in [5, 5.41) is 2.45. The molecule has 1 heterocycles.